The fraction of sp³-hybridized carbons (Fsp3) is 0.455. The zero-order valence-corrected chi connectivity index (χ0v) is 31.6. The Bertz CT molecular complexity index is 1950. The second-order valence-electron chi connectivity index (χ2n) is 13.0. The van der Waals surface area contributed by atoms with Crippen LogP contribution < -0.4 is 24.6 Å². The van der Waals surface area contributed by atoms with Crippen molar-refractivity contribution in [1.29, 1.82) is 5.53 Å². The van der Waals surface area contributed by atoms with Crippen LogP contribution in [-0.2, 0) is 29.6 Å². The number of halogens is 1. The molecule has 2 amide bonds. The summed E-state index contributed by atoms with van der Waals surface area (Å²) in [6.45, 7) is 8.05. The minimum atomic E-state index is -3.59. The van der Waals surface area contributed by atoms with E-state index in [2.05, 4.69) is 32.2 Å². The SMILES string of the molecule is CC(=O)N1CCOc2ccc(S(=O)(=O)N3CC4=C(CCC4)C3)cc21.CC(=O)N1CCOc2ccc(S(=O)(=O)N3CC4=C(CNC4)C3)cc21.N=NN=NCl. The molecule has 0 spiro atoms. The van der Waals surface area contributed by atoms with Crippen LogP contribution in [0.4, 0.5) is 11.4 Å². The van der Waals surface area contributed by atoms with Crippen molar-refractivity contribution in [2.45, 2.75) is 42.9 Å². The van der Waals surface area contributed by atoms with Crippen LogP contribution >= 0.6 is 11.8 Å². The lowest BCUT2D eigenvalue weighted by molar-refractivity contribution is -0.117. The Morgan fingerprint density at radius 2 is 1.17 bits per heavy atom. The van der Waals surface area contributed by atoms with Crippen molar-refractivity contribution < 1.29 is 35.9 Å². The molecule has 0 aromatic heterocycles. The van der Waals surface area contributed by atoms with Crippen molar-refractivity contribution in [2.24, 2.45) is 15.1 Å². The van der Waals surface area contributed by atoms with Crippen LogP contribution in [-0.4, -0.2) is 103 Å². The molecule has 284 valence electrons. The number of rotatable bonds is 5. The molecule has 8 rings (SSSR count). The first-order valence-electron chi connectivity index (χ1n) is 16.9. The van der Waals surface area contributed by atoms with Crippen molar-refractivity contribution in [1.82, 2.24) is 13.9 Å². The summed E-state index contributed by atoms with van der Waals surface area (Å²) in [6.07, 6.45) is 3.16. The number of nitrogens with one attached hydrogen (secondary N) is 2. The molecule has 0 fully saturated rings. The fourth-order valence-electron chi connectivity index (χ4n) is 7.19. The molecule has 2 N–H and O–H groups in total. The topological polar surface area (TPSA) is 207 Å². The minimum Gasteiger partial charge on any atom is -0.490 e. The average Bonchev–Trinajstić information content (AvgIpc) is 3.94. The second-order valence-corrected chi connectivity index (χ2v) is 17.0. The van der Waals surface area contributed by atoms with Crippen LogP contribution in [0.5, 0.6) is 11.5 Å². The van der Waals surface area contributed by atoms with E-state index in [1.165, 1.54) is 40.4 Å². The van der Waals surface area contributed by atoms with E-state index in [0.29, 0.717) is 75.4 Å². The normalized spacial score (nSPS) is 19.7. The van der Waals surface area contributed by atoms with Crippen LogP contribution in [0.15, 0.2) is 83.6 Å². The molecule has 5 aliphatic heterocycles. The first-order valence-corrected chi connectivity index (χ1v) is 20.1. The highest BCUT2D eigenvalue weighted by atomic mass is 35.5. The first-order chi connectivity index (χ1) is 25.3. The van der Waals surface area contributed by atoms with E-state index in [1.54, 1.807) is 50.5 Å². The molecule has 17 nitrogen and oxygen atoms in total. The Morgan fingerprint density at radius 3 is 1.55 bits per heavy atom. The van der Waals surface area contributed by atoms with Crippen LogP contribution in [0.1, 0.15) is 33.1 Å². The number of fused-ring (bicyclic) bond motifs is 2. The van der Waals surface area contributed by atoms with E-state index in [0.717, 1.165) is 32.4 Å². The number of anilines is 2. The monoisotopic (exact) mass is 789 g/mol. The Hall–Kier alpha value is -4.27. The van der Waals surface area contributed by atoms with Gasteiger partial charge in [-0.15, -0.1) is 0 Å². The molecular formula is C33H40ClN9O8S2. The fourth-order valence-corrected chi connectivity index (χ4v) is 10.1. The standard InChI is InChI=1S/C17H20N2O4S.C16H19N3O4S.ClHN4/c1-12(20)19-7-8-23-17-6-5-15(9-16(17)19)24(21,22)18-10-13-3-2-4-14(13)11-18;1-11(20)19-4-5-23-16-3-2-14(6-15(16)19)24(21,22)18-9-12-7-17-8-13(12)10-18;1-3-5-4-2/h5-6,9H,2-4,7-8,10-11H2,1H3;2-3,6,17H,4-5,7-10H2,1H3;2H. The van der Waals surface area contributed by atoms with Gasteiger partial charge in [-0.2, -0.15) is 14.1 Å². The lowest BCUT2D eigenvalue weighted by Gasteiger charge is -2.29. The predicted octanol–water partition coefficient (Wildman–Crippen LogP) is 3.79. The van der Waals surface area contributed by atoms with Gasteiger partial charge in [0.25, 0.3) is 0 Å². The Kier molecular flexibility index (Phi) is 11.6. The van der Waals surface area contributed by atoms with Gasteiger partial charge in [0.15, 0.2) is 0 Å². The van der Waals surface area contributed by atoms with E-state index >= 15 is 0 Å². The molecule has 0 saturated heterocycles. The van der Waals surface area contributed by atoms with Crippen LogP contribution in [0, 0.1) is 5.53 Å². The highest BCUT2D eigenvalue weighted by Crippen LogP contribution is 2.39. The molecule has 0 bridgehead atoms. The second kappa shape index (κ2) is 16.0. The van der Waals surface area contributed by atoms with Crippen LogP contribution in [0.3, 0.4) is 0 Å². The largest absolute Gasteiger partial charge is 0.490 e. The van der Waals surface area contributed by atoms with Crippen molar-refractivity contribution in [3.8, 4) is 11.5 Å². The number of hydrogen-bond donors (Lipinski definition) is 2. The third-order valence-corrected chi connectivity index (χ3v) is 13.4. The van der Waals surface area contributed by atoms with E-state index in [9.17, 15) is 26.4 Å². The third kappa shape index (κ3) is 8.00. The lowest BCUT2D eigenvalue weighted by atomic mass is 10.2. The van der Waals surface area contributed by atoms with E-state index < -0.39 is 20.0 Å². The molecule has 2 aromatic rings. The summed E-state index contributed by atoms with van der Waals surface area (Å²) < 4.78 is 68.6. The smallest absolute Gasteiger partial charge is 0.243 e. The van der Waals surface area contributed by atoms with Crippen molar-refractivity contribution in [3.05, 3.63) is 58.7 Å². The molecule has 0 unspecified atom stereocenters. The van der Waals surface area contributed by atoms with Gasteiger partial charge in [-0.05, 0) is 77.3 Å². The predicted molar refractivity (Wildman–Crippen MR) is 194 cm³/mol. The summed E-state index contributed by atoms with van der Waals surface area (Å²) in [4.78, 5) is 27.2. The van der Waals surface area contributed by atoms with Gasteiger partial charge in [-0.25, -0.2) is 16.8 Å². The summed E-state index contributed by atoms with van der Waals surface area (Å²) in [7, 11) is -7.16. The number of amides is 2. The summed E-state index contributed by atoms with van der Waals surface area (Å²) in [5, 5.41) is 8.32. The van der Waals surface area contributed by atoms with Gasteiger partial charge in [0.2, 0.25) is 31.9 Å². The van der Waals surface area contributed by atoms with E-state index in [4.69, 9.17) is 15.0 Å². The molecule has 0 saturated carbocycles. The first kappa shape index (κ1) is 38.5. The molecule has 0 atom stereocenters. The van der Waals surface area contributed by atoms with Crippen LogP contribution in [0.25, 0.3) is 0 Å². The van der Waals surface area contributed by atoms with Gasteiger partial charge in [-0.3, -0.25) is 9.59 Å². The van der Waals surface area contributed by atoms with Crippen molar-refractivity contribution in [3.63, 3.8) is 0 Å². The Balaban J connectivity index is 0.000000161. The number of nitrogens with zero attached hydrogens (tertiary/aromatic N) is 7. The molecule has 1 aliphatic carbocycles. The third-order valence-electron chi connectivity index (χ3n) is 9.80. The van der Waals surface area contributed by atoms with Crippen molar-refractivity contribution in [2.75, 3.05) is 75.4 Å². The van der Waals surface area contributed by atoms with Gasteiger partial charge < -0.3 is 24.6 Å². The van der Waals surface area contributed by atoms with Gasteiger partial charge in [-0.1, -0.05) is 15.8 Å². The van der Waals surface area contributed by atoms with E-state index in [-0.39, 0.29) is 21.6 Å². The maximum absolute atomic E-state index is 13.0. The maximum Gasteiger partial charge on any atom is 0.243 e. The number of ether oxygens (including phenoxy) is 2. The van der Waals surface area contributed by atoms with Gasteiger partial charge in [0, 0.05) is 53.1 Å². The number of hydrogen-bond acceptors (Lipinski definition) is 11. The number of carbonyl (C=O) groups is 2. The molecule has 0 radical (unpaired) electrons. The molecule has 20 heteroatoms. The lowest BCUT2D eigenvalue weighted by Crippen LogP contribution is -2.37. The van der Waals surface area contributed by atoms with Crippen LogP contribution in [0.2, 0.25) is 0 Å². The number of benzene rings is 2. The summed E-state index contributed by atoms with van der Waals surface area (Å²) in [6, 6.07) is 9.52. The summed E-state index contributed by atoms with van der Waals surface area (Å²) in [5.74, 6) is 0.858. The Labute approximate surface area is 312 Å². The average molecular weight is 790 g/mol. The molecule has 6 aliphatic rings. The maximum atomic E-state index is 13.0. The van der Waals surface area contributed by atoms with Gasteiger partial charge in [0.1, 0.15) is 24.7 Å². The van der Waals surface area contributed by atoms with Gasteiger partial charge in [0.05, 0.1) is 46.0 Å². The van der Waals surface area contributed by atoms with Crippen molar-refractivity contribution >= 4 is 55.0 Å². The highest BCUT2D eigenvalue weighted by molar-refractivity contribution is 7.89. The number of sulfonamides is 2. The highest BCUT2D eigenvalue weighted by Gasteiger charge is 2.36. The number of carbonyl (C=O) groups excluding carboxylic acids is 2. The molecule has 53 heavy (non-hydrogen) atoms. The zero-order valence-electron chi connectivity index (χ0n) is 29.2. The van der Waals surface area contributed by atoms with E-state index in [1.807, 2.05) is 0 Å². The molecular weight excluding hydrogens is 750 g/mol. The zero-order chi connectivity index (χ0) is 37.9. The molecule has 2 aromatic carbocycles. The quantitative estimate of drug-likeness (QED) is 0.256. The summed E-state index contributed by atoms with van der Waals surface area (Å²) in [5.41, 5.74) is 11.9. The Morgan fingerprint density at radius 1 is 0.736 bits per heavy atom. The minimum absolute atomic E-state index is 0.115. The summed E-state index contributed by atoms with van der Waals surface area (Å²) >= 11 is 4.55. The van der Waals surface area contributed by atoms with Gasteiger partial charge >= 0.3 is 0 Å². The molecule has 5 heterocycles.